The summed E-state index contributed by atoms with van der Waals surface area (Å²) < 4.78 is 9.50. The van der Waals surface area contributed by atoms with Crippen LogP contribution < -0.4 is 0 Å². The molecule has 0 amide bonds. The summed E-state index contributed by atoms with van der Waals surface area (Å²) in [6.07, 6.45) is -5.81. The Morgan fingerprint density at radius 3 is 2.31 bits per heavy atom. The standard InChI is InChI=1S/C7H14O6/c1-12-6-5(10)4(9)3(2-8)13-7(6)11/h3-11H,2H2,1H3/t3-,4+,5+,6-,7+/m1/s1. The quantitative estimate of drug-likeness (QED) is 0.386. The van der Waals surface area contributed by atoms with Crippen LogP contribution in [0.2, 0.25) is 0 Å². The zero-order valence-corrected chi connectivity index (χ0v) is 7.20. The fourth-order valence-electron chi connectivity index (χ4n) is 1.33. The van der Waals surface area contributed by atoms with Crippen molar-refractivity contribution in [1.82, 2.24) is 0 Å². The van der Waals surface area contributed by atoms with E-state index < -0.39 is 37.3 Å². The highest BCUT2D eigenvalue weighted by Crippen LogP contribution is 2.21. The monoisotopic (exact) mass is 194 g/mol. The van der Waals surface area contributed by atoms with Crippen LogP contribution in [0, 0.1) is 0 Å². The normalized spacial score (nSPS) is 46.4. The summed E-state index contributed by atoms with van der Waals surface area (Å²) in [6, 6.07) is 0. The summed E-state index contributed by atoms with van der Waals surface area (Å²) >= 11 is 0. The van der Waals surface area contributed by atoms with Crippen molar-refractivity contribution < 1.29 is 29.9 Å². The molecule has 5 atom stereocenters. The van der Waals surface area contributed by atoms with Gasteiger partial charge in [-0.2, -0.15) is 0 Å². The zero-order chi connectivity index (χ0) is 10.0. The first-order chi connectivity index (χ1) is 6.11. The van der Waals surface area contributed by atoms with Gasteiger partial charge in [0, 0.05) is 7.11 Å². The number of rotatable bonds is 2. The molecule has 1 aliphatic heterocycles. The van der Waals surface area contributed by atoms with Crippen LogP contribution in [0.3, 0.4) is 0 Å². The van der Waals surface area contributed by atoms with E-state index in [-0.39, 0.29) is 0 Å². The second-order valence-electron chi connectivity index (χ2n) is 2.93. The van der Waals surface area contributed by atoms with Gasteiger partial charge in [-0.15, -0.1) is 0 Å². The fraction of sp³-hybridized carbons (Fsp3) is 1.00. The molecule has 0 spiro atoms. The maximum Gasteiger partial charge on any atom is 0.184 e. The van der Waals surface area contributed by atoms with Gasteiger partial charge in [-0.3, -0.25) is 0 Å². The van der Waals surface area contributed by atoms with Crippen LogP contribution in [-0.4, -0.2) is 64.8 Å². The van der Waals surface area contributed by atoms with E-state index in [1.165, 1.54) is 7.11 Å². The highest BCUT2D eigenvalue weighted by Gasteiger charge is 2.43. The van der Waals surface area contributed by atoms with Crippen LogP contribution in [0.5, 0.6) is 0 Å². The summed E-state index contributed by atoms with van der Waals surface area (Å²) in [7, 11) is 1.28. The number of ether oxygens (including phenoxy) is 2. The van der Waals surface area contributed by atoms with Gasteiger partial charge in [-0.05, 0) is 0 Å². The molecule has 0 aromatic carbocycles. The predicted molar refractivity (Wildman–Crippen MR) is 40.8 cm³/mol. The fourth-order valence-corrected chi connectivity index (χ4v) is 1.33. The molecule has 4 N–H and O–H groups in total. The van der Waals surface area contributed by atoms with Crippen molar-refractivity contribution in [3.63, 3.8) is 0 Å². The number of aliphatic hydroxyl groups excluding tert-OH is 4. The lowest BCUT2D eigenvalue weighted by Gasteiger charge is -2.39. The van der Waals surface area contributed by atoms with Gasteiger partial charge in [0.2, 0.25) is 0 Å². The molecule has 6 heteroatoms. The highest BCUT2D eigenvalue weighted by molar-refractivity contribution is 4.88. The van der Waals surface area contributed by atoms with Gasteiger partial charge in [-0.1, -0.05) is 0 Å². The van der Waals surface area contributed by atoms with Crippen molar-refractivity contribution in [3.05, 3.63) is 0 Å². The molecule has 0 radical (unpaired) electrons. The Labute approximate surface area is 75.3 Å². The van der Waals surface area contributed by atoms with Crippen LogP contribution in [0.1, 0.15) is 0 Å². The van der Waals surface area contributed by atoms with Gasteiger partial charge in [0.25, 0.3) is 0 Å². The Kier molecular flexibility index (Phi) is 3.60. The Bertz CT molecular complexity index is 163. The average Bonchev–Trinajstić information content (AvgIpc) is 2.12. The third kappa shape index (κ3) is 1.98. The zero-order valence-electron chi connectivity index (χ0n) is 7.20. The van der Waals surface area contributed by atoms with Crippen molar-refractivity contribution in [2.75, 3.05) is 13.7 Å². The minimum atomic E-state index is -1.33. The smallest absolute Gasteiger partial charge is 0.184 e. The van der Waals surface area contributed by atoms with Crippen molar-refractivity contribution in [2.45, 2.75) is 30.7 Å². The van der Waals surface area contributed by atoms with Crippen LogP contribution in [0.15, 0.2) is 0 Å². The Hall–Kier alpha value is -0.240. The Morgan fingerprint density at radius 1 is 1.23 bits per heavy atom. The molecule has 1 fully saturated rings. The van der Waals surface area contributed by atoms with E-state index in [0.29, 0.717) is 0 Å². The third-order valence-electron chi connectivity index (χ3n) is 2.11. The minimum Gasteiger partial charge on any atom is -0.394 e. The Morgan fingerprint density at radius 2 is 1.85 bits per heavy atom. The van der Waals surface area contributed by atoms with Gasteiger partial charge < -0.3 is 29.9 Å². The largest absolute Gasteiger partial charge is 0.394 e. The Balaban J connectivity index is 2.66. The minimum absolute atomic E-state index is 0.467. The van der Waals surface area contributed by atoms with Crippen molar-refractivity contribution in [1.29, 1.82) is 0 Å². The van der Waals surface area contributed by atoms with Crippen LogP contribution >= 0.6 is 0 Å². The second kappa shape index (κ2) is 4.32. The van der Waals surface area contributed by atoms with Gasteiger partial charge >= 0.3 is 0 Å². The highest BCUT2D eigenvalue weighted by atomic mass is 16.7. The molecule has 13 heavy (non-hydrogen) atoms. The van der Waals surface area contributed by atoms with E-state index in [1.807, 2.05) is 0 Å². The van der Waals surface area contributed by atoms with E-state index in [4.69, 9.17) is 14.6 Å². The first kappa shape index (κ1) is 10.8. The topological polar surface area (TPSA) is 99.4 Å². The average molecular weight is 194 g/mol. The van der Waals surface area contributed by atoms with E-state index in [9.17, 15) is 15.3 Å². The molecule has 78 valence electrons. The lowest BCUT2D eigenvalue weighted by Crippen LogP contribution is -2.59. The van der Waals surface area contributed by atoms with Crippen molar-refractivity contribution >= 4 is 0 Å². The van der Waals surface area contributed by atoms with E-state index in [1.54, 1.807) is 0 Å². The first-order valence-electron chi connectivity index (χ1n) is 3.95. The summed E-state index contributed by atoms with van der Waals surface area (Å²) in [5, 5.41) is 36.7. The van der Waals surface area contributed by atoms with Gasteiger partial charge in [0.15, 0.2) is 6.29 Å². The van der Waals surface area contributed by atoms with Gasteiger partial charge in [0.05, 0.1) is 6.61 Å². The van der Waals surface area contributed by atoms with E-state index in [0.717, 1.165) is 0 Å². The molecule has 0 saturated carbocycles. The number of hydrogen-bond donors (Lipinski definition) is 4. The molecule has 1 saturated heterocycles. The molecule has 0 aliphatic carbocycles. The maximum absolute atomic E-state index is 9.38. The lowest BCUT2D eigenvalue weighted by molar-refractivity contribution is -0.291. The number of hydrogen-bond acceptors (Lipinski definition) is 6. The van der Waals surface area contributed by atoms with Gasteiger partial charge in [-0.25, -0.2) is 0 Å². The summed E-state index contributed by atoms with van der Waals surface area (Å²) in [5.41, 5.74) is 0. The molecule has 0 aromatic heterocycles. The lowest BCUT2D eigenvalue weighted by atomic mass is 9.99. The summed E-state index contributed by atoms with van der Waals surface area (Å²) in [4.78, 5) is 0. The molecule has 0 aromatic rings. The third-order valence-corrected chi connectivity index (χ3v) is 2.11. The maximum atomic E-state index is 9.38. The first-order valence-corrected chi connectivity index (χ1v) is 3.95. The molecule has 1 rings (SSSR count). The van der Waals surface area contributed by atoms with E-state index >= 15 is 0 Å². The molecular formula is C7H14O6. The molecule has 0 bridgehead atoms. The van der Waals surface area contributed by atoms with Crippen LogP contribution in [-0.2, 0) is 9.47 Å². The van der Waals surface area contributed by atoms with Crippen molar-refractivity contribution in [2.24, 2.45) is 0 Å². The van der Waals surface area contributed by atoms with Crippen LogP contribution in [0.4, 0.5) is 0 Å². The SMILES string of the molecule is CO[C@@H]1[C@@H](O)[C@@H](O)[C@@H](CO)O[C@@H]1O. The molecule has 0 unspecified atom stereocenters. The molecule has 1 aliphatic rings. The van der Waals surface area contributed by atoms with E-state index in [2.05, 4.69) is 0 Å². The van der Waals surface area contributed by atoms with Gasteiger partial charge in [0.1, 0.15) is 24.4 Å². The molecule has 1 heterocycles. The number of aliphatic hydroxyl groups is 4. The number of methoxy groups -OCH3 is 1. The predicted octanol–water partition coefficient (Wildman–Crippen LogP) is -2.57. The summed E-state index contributed by atoms with van der Waals surface area (Å²) in [6.45, 7) is -0.467. The molecular weight excluding hydrogens is 180 g/mol. The van der Waals surface area contributed by atoms with Crippen molar-refractivity contribution in [3.8, 4) is 0 Å². The van der Waals surface area contributed by atoms with Crippen LogP contribution in [0.25, 0.3) is 0 Å². The molecule has 6 nitrogen and oxygen atoms in total. The summed E-state index contributed by atoms with van der Waals surface area (Å²) in [5.74, 6) is 0. The second-order valence-corrected chi connectivity index (χ2v) is 2.93.